The minimum Gasteiger partial charge on any atom is -0.377 e. The van der Waals surface area contributed by atoms with Gasteiger partial charge in [0.15, 0.2) is 0 Å². The Morgan fingerprint density at radius 1 is 1.42 bits per heavy atom. The number of hydrogen-bond acceptors (Lipinski definition) is 1. The van der Waals surface area contributed by atoms with Crippen molar-refractivity contribution in [1.29, 1.82) is 0 Å². The van der Waals surface area contributed by atoms with Crippen LogP contribution in [0.15, 0.2) is 18.2 Å². The minimum atomic E-state index is -0.275. The Hall–Kier alpha value is -0.120. The molecule has 3 rings (SSSR count). The molecule has 2 atom stereocenters. The summed E-state index contributed by atoms with van der Waals surface area (Å²) < 4.78 is 19.1. The van der Waals surface area contributed by atoms with Crippen molar-refractivity contribution in [2.75, 3.05) is 11.9 Å². The van der Waals surface area contributed by atoms with Crippen molar-refractivity contribution >= 4 is 27.5 Å². The molecule has 2 fully saturated rings. The van der Waals surface area contributed by atoms with E-state index in [4.69, 9.17) is 16.3 Å². The highest BCUT2D eigenvalue weighted by Gasteiger charge is 2.50. The summed E-state index contributed by atoms with van der Waals surface area (Å²) in [5, 5.41) is 1.44. The van der Waals surface area contributed by atoms with Gasteiger partial charge in [-0.2, -0.15) is 0 Å². The van der Waals surface area contributed by atoms with Gasteiger partial charge in [0.2, 0.25) is 0 Å². The van der Waals surface area contributed by atoms with Gasteiger partial charge in [0.05, 0.1) is 6.10 Å². The molecule has 104 valence electrons. The predicted octanol–water partition coefficient (Wildman–Crippen LogP) is 4.60. The van der Waals surface area contributed by atoms with Crippen LogP contribution in [-0.2, 0) is 11.2 Å². The fourth-order valence-corrected chi connectivity index (χ4v) is 4.20. The summed E-state index contributed by atoms with van der Waals surface area (Å²) in [6.07, 6.45) is 4.78. The molecule has 0 amide bonds. The summed E-state index contributed by atoms with van der Waals surface area (Å²) in [7, 11) is 0. The Morgan fingerprint density at radius 3 is 2.84 bits per heavy atom. The average Bonchev–Trinajstić information content (AvgIpc) is 3.15. The van der Waals surface area contributed by atoms with Crippen LogP contribution in [0.25, 0.3) is 0 Å². The van der Waals surface area contributed by atoms with Gasteiger partial charge in [0.25, 0.3) is 0 Å². The van der Waals surface area contributed by atoms with Gasteiger partial charge in [-0.15, -0.1) is 0 Å². The molecule has 1 aliphatic carbocycles. The molecule has 2 aliphatic rings. The number of rotatable bonds is 4. The molecule has 1 nitrogen and oxygen atoms in total. The third-order valence-corrected chi connectivity index (χ3v) is 5.84. The van der Waals surface area contributed by atoms with E-state index in [2.05, 4.69) is 15.9 Å². The van der Waals surface area contributed by atoms with Crippen LogP contribution in [0.2, 0.25) is 5.02 Å². The lowest BCUT2D eigenvalue weighted by Crippen LogP contribution is -2.36. The van der Waals surface area contributed by atoms with Crippen LogP contribution in [0.4, 0.5) is 4.39 Å². The van der Waals surface area contributed by atoms with E-state index in [-0.39, 0.29) is 11.2 Å². The van der Waals surface area contributed by atoms with Gasteiger partial charge in [0, 0.05) is 22.4 Å². The molecule has 0 bridgehead atoms. The summed E-state index contributed by atoms with van der Waals surface area (Å²) in [6, 6.07) is 4.70. The van der Waals surface area contributed by atoms with Crippen molar-refractivity contribution in [1.82, 2.24) is 0 Å². The van der Waals surface area contributed by atoms with E-state index in [1.54, 1.807) is 0 Å². The zero-order valence-electron chi connectivity index (χ0n) is 10.7. The summed E-state index contributed by atoms with van der Waals surface area (Å²) in [4.78, 5) is 0. The first-order chi connectivity index (χ1) is 9.14. The standard InChI is InChI=1S/C15H17BrClFO/c16-9-15(5-6-19-14(15)10-1-2-10)8-11-3-4-12(18)7-13(11)17/h3-4,7,10,14H,1-2,5-6,8-9H2. The number of halogens is 3. The molecule has 4 heteroatoms. The smallest absolute Gasteiger partial charge is 0.124 e. The second kappa shape index (κ2) is 5.34. The van der Waals surface area contributed by atoms with Gasteiger partial charge in [-0.25, -0.2) is 4.39 Å². The van der Waals surface area contributed by atoms with Gasteiger partial charge in [-0.05, 0) is 49.3 Å². The van der Waals surface area contributed by atoms with E-state index in [9.17, 15) is 4.39 Å². The lowest BCUT2D eigenvalue weighted by atomic mass is 9.76. The SMILES string of the molecule is Fc1ccc(CC2(CBr)CCOC2C2CC2)c(Cl)c1. The molecule has 1 heterocycles. The molecule has 1 aromatic rings. The molecule has 1 saturated heterocycles. The van der Waals surface area contributed by atoms with Crippen LogP contribution in [0.1, 0.15) is 24.8 Å². The predicted molar refractivity (Wildman–Crippen MR) is 78.4 cm³/mol. The molecule has 0 aromatic heterocycles. The summed E-state index contributed by atoms with van der Waals surface area (Å²) in [6.45, 7) is 0.825. The largest absolute Gasteiger partial charge is 0.377 e. The third-order valence-electron chi connectivity index (χ3n) is 4.37. The van der Waals surface area contributed by atoms with Gasteiger partial charge < -0.3 is 4.74 Å². The highest BCUT2D eigenvalue weighted by molar-refractivity contribution is 9.09. The molecular weight excluding hydrogens is 331 g/mol. The van der Waals surface area contributed by atoms with Crippen molar-refractivity contribution < 1.29 is 9.13 Å². The van der Waals surface area contributed by atoms with E-state index < -0.39 is 0 Å². The highest BCUT2D eigenvalue weighted by atomic mass is 79.9. The Balaban J connectivity index is 1.85. The lowest BCUT2D eigenvalue weighted by molar-refractivity contribution is 0.0413. The Kier molecular flexibility index (Phi) is 3.89. The van der Waals surface area contributed by atoms with Gasteiger partial charge in [-0.3, -0.25) is 0 Å². The summed E-state index contributed by atoms with van der Waals surface area (Å²) in [5.41, 5.74) is 1.14. The normalized spacial score (nSPS) is 30.8. The third kappa shape index (κ3) is 2.70. The van der Waals surface area contributed by atoms with Crippen molar-refractivity contribution in [3.05, 3.63) is 34.6 Å². The fraction of sp³-hybridized carbons (Fsp3) is 0.600. The summed E-state index contributed by atoms with van der Waals surface area (Å²) in [5.74, 6) is 0.433. The molecule has 1 saturated carbocycles. The second-order valence-electron chi connectivity index (χ2n) is 5.79. The number of ether oxygens (including phenoxy) is 1. The zero-order valence-corrected chi connectivity index (χ0v) is 13.0. The lowest BCUT2D eigenvalue weighted by Gasteiger charge is -2.33. The first-order valence-corrected chi connectivity index (χ1v) is 8.26. The summed E-state index contributed by atoms with van der Waals surface area (Å²) >= 11 is 9.84. The van der Waals surface area contributed by atoms with Crippen LogP contribution < -0.4 is 0 Å². The van der Waals surface area contributed by atoms with Crippen molar-refractivity contribution in [3.8, 4) is 0 Å². The van der Waals surface area contributed by atoms with Gasteiger partial charge in [0.1, 0.15) is 5.82 Å². The first kappa shape index (κ1) is 13.8. The Morgan fingerprint density at radius 2 is 2.21 bits per heavy atom. The van der Waals surface area contributed by atoms with Gasteiger partial charge >= 0.3 is 0 Å². The quantitative estimate of drug-likeness (QED) is 0.723. The number of hydrogen-bond donors (Lipinski definition) is 0. The average molecular weight is 348 g/mol. The van der Waals surface area contributed by atoms with Crippen LogP contribution in [0.3, 0.4) is 0 Å². The molecule has 0 N–H and O–H groups in total. The van der Waals surface area contributed by atoms with Crippen molar-refractivity contribution in [2.24, 2.45) is 11.3 Å². The molecule has 1 aromatic carbocycles. The number of benzene rings is 1. The molecule has 1 aliphatic heterocycles. The molecule has 19 heavy (non-hydrogen) atoms. The van der Waals surface area contributed by atoms with E-state index in [0.717, 1.165) is 30.3 Å². The van der Waals surface area contributed by atoms with Crippen LogP contribution >= 0.6 is 27.5 Å². The maximum absolute atomic E-state index is 13.1. The van der Waals surface area contributed by atoms with E-state index in [1.807, 2.05) is 6.07 Å². The maximum Gasteiger partial charge on any atom is 0.124 e. The second-order valence-corrected chi connectivity index (χ2v) is 6.76. The fourth-order valence-electron chi connectivity index (χ4n) is 3.17. The molecule has 0 spiro atoms. The van der Waals surface area contributed by atoms with Crippen molar-refractivity contribution in [3.63, 3.8) is 0 Å². The van der Waals surface area contributed by atoms with E-state index in [0.29, 0.717) is 17.0 Å². The minimum absolute atomic E-state index is 0.114. The Bertz CT molecular complexity index is 477. The van der Waals surface area contributed by atoms with Crippen LogP contribution in [-0.4, -0.2) is 18.0 Å². The number of alkyl halides is 1. The molecular formula is C15H17BrClFO. The zero-order chi connectivity index (χ0) is 13.5. The Labute approximate surface area is 126 Å². The topological polar surface area (TPSA) is 9.23 Å². The maximum atomic E-state index is 13.1. The monoisotopic (exact) mass is 346 g/mol. The molecule has 2 unspecified atom stereocenters. The first-order valence-electron chi connectivity index (χ1n) is 6.76. The van der Waals surface area contributed by atoms with Crippen LogP contribution in [0, 0.1) is 17.2 Å². The van der Waals surface area contributed by atoms with Gasteiger partial charge in [-0.1, -0.05) is 33.6 Å². The van der Waals surface area contributed by atoms with E-state index in [1.165, 1.54) is 25.0 Å². The van der Waals surface area contributed by atoms with Crippen LogP contribution in [0.5, 0.6) is 0 Å². The van der Waals surface area contributed by atoms with E-state index >= 15 is 0 Å². The molecule has 0 radical (unpaired) electrons. The van der Waals surface area contributed by atoms with Crippen molar-refractivity contribution in [2.45, 2.75) is 31.8 Å². The highest BCUT2D eigenvalue weighted by Crippen LogP contribution is 2.50.